The zero-order valence-electron chi connectivity index (χ0n) is 12.3. The summed E-state index contributed by atoms with van der Waals surface area (Å²) < 4.78 is 7.07. The number of aromatic nitrogens is 3. The van der Waals surface area contributed by atoms with Gasteiger partial charge >= 0.3 is 0 Å². The number of hydrogen-bond acceptors (Lipinski definition) is 4. The van der Waals surface area contributed by atoms with Gasteiger partial charge in [-0.1, -0.05) is 0 Å². The second kappa shape index (κ2) is 4.88. The molecule has 4 aromatic rings. The Bertz CT molecular complexity index is 1100. The second-order valence-electron chi connectivity index (χ2n) is 5.18. The Balaban J connectivity index is 2.04. The largest absolute Gasteiger partial charge is 0.504 e. The Morgan fingerprint density at radius 1 is 1.22 bits per heavy atom. The van der Waals surface area contributed by atoms with Crippen LogP contribution in [0.4, 0.5) is 0 Å². The molecule has 0 amide bonds. The van der Waals surface area contributed by atoms with E-state index in [-0.39, 0.29) is 11.3 Å². The highest BCUT2D eigenvalue weighted by molar-refractivity contribution is 5.97. The van der Waals surface area contributed by atoms with E-state index < -0.39 is 0 Å². The van der Waals surface area contributed by atoms with Crippen LogP contribution >= 0.6 is 0 Å². The van der Waals surface area contributed by atoms with Crippen LogP contribution < -0.4 is 10.3 Å². The van der Waals surface area contributed by atoms with Gasteiger partial charge in [0.2, 0.25) is 5.56 Å². The number of pyridine rings is 2. The van der Waals surface area contributed by atoms with Crippen LogP contribution in [-0.2, 0) is 0 Å². The number of hydrogen-bond donors (Lipinski definition) is 2. The van der Waals surface area contributed by atoms with Crippen molar-refractivity contribution in [2.45, 2.75) is 0 Å². The third-order valence-electron chi connectivity index (χ3n) is 3.81. The maximum absolute atomic E-state index is 11.6. The molecule has 3 aromatic heterocycles. The molecule has 0 aliphatic rings. The summed E-state index contributed by atoms with van der Waals surface area (Å²) in [6, 6.07) is 10.2. The van der Waals surface area contributed by atoms with Gasteiger partial charge in [0.25, 0.3) is 0 Å². The van der Waals surface area contributed by atoms with Crippen molar-refractivity contribution in [2.24, 2.45) is 0 Å². The molecule has 3 heterocycles. The number of aromatic amines is 1. The molecule has 0 aliphatic carbocycles. The van der Waals surface area contributed by atoms with Crippen molar-refractivity contribution in [3.63, 3.8) is 0 Å². The molecule has 0 radical (unpaired) electrons. The minimum absolute atomic E-state index is 0.116. The van der Waals surface area contributed by atoms with Crippen LogP contribution in [-0.4, -0.2) is 26.6 Å². The highest BCUT2D eigenvalue weighted by atomic mass is 16.5. The minimum Gasteiger partial charge on any atom is -0.504 e. The van der Waals surface area contributed by atoms with E-state index in [1.54, 1.807) is 35.8 Å². The molecule has 114 valence electrons. The summed E-state index contributed by atoms with van der Waals surface area (Å²) >= 11 is 0. The van der Waals surface area contributed by atoms with E-state index >= 15 is 0 Å². The lowest BCUT2D eigenvalue weighted by molar-refractivity contribution is 0.419. The van der Waals surface area contributed by atoms with E-state index in [1.165, 1.54) is 6.07 Å². The Morgan fingerprint density at radius 3 is 2.87 bits per heavy atom. The van der Waals surface area contributed by atoms with Gasteiger partial charge < -0.3 is 19.2 Å². The van der Waals surface area contributed by atoms with Crippen LogP contribution in [0.2, 0.25) is 0 Å². The van der Waals surface area contributed by atoms with Crippen LogP contribution in [0.15, 0.2) is 53.6 Å². The summed E-state index contributed by atoms with van der Waals surface area (Å²) in [7, 11) is 1.56. The number of nitrogens with zero attached hydrogens (tertiary/aromatic N) is 2. The molecule has 0 saturated carbocycles. The van der Waals surface area contributed by atoms with Crippen LogP contribution in [0.25, 0.3) is 27.8 Å². The Labute approximate surface area is 130 Å². The van der Waals surface area contributed by atoms with Gasteiger partial charge in [-0.25, -0.2) is 4.98 Å². The number of benzene rings is 1. The number of aromatic hydroxyl groups is 1. The first-order chi connectivity index (χ1) is 11.2. The van der Waals surface area contributed by atoms with E-state index in [0.717, 1.165) is 10.9 Å². The topological polar surface area (TPSA) is 79.6 Å². The lowest BCUT2D eigenvalue weighted by Gasteiger charge is -2.08. The molecule has 0 saturated heterocycles. The van der Waals surface area contributed by atoms with Gasteiger partial charge in [0.1, 0.15) is 5.75 Å². The van der Waals surface area contributed by atoms with Crippen molar-refractivity contribution in [3.05, 3.63) is 59.1 Å². The maximum Gasteiger partial charge on any atom is 0.248 e. The van der Waals surface area contributed by atoms with Crippen LogP contribution in [0, 0.1) is 0 Å². The van der Waals surface area contributed by atoms with Crippen LogP contribution in [0.1, 0.15) is 0 Å². The number of ether oxygens (including phenoxy) is 1. The molecule has 4 rings (SSSR count). The van der Waals surface area contributed by atoms with E-state index in [0.29, 0.717) is 22.6 Å². The Kier molecular flexibility index (Phi) is 2.84. The molecule has 0 atom stereocenters. The lowest BCUT2D eigenvalue weighted by atomic mass is 10.1. The zero-order valence-corrected chi connectivity index (χ0v) is 12.3. The fraction of sp³-hybridized carbons (Fsp3) is 0.0588. The molecule has 6 nitrogen and oxygen atoms in total. The fourth-order valence-corrected chi connectivity index (χ4v) is 2.75. The van der Waals surface area contributed by atoms with Gasteiger partial charge in [-0.15, -0.1) is 0 Å². The SMILES string of the molecule is COc1ccc(-c2cn3cccc(O)c3n2)c2ccc(=O)[nH]c12. The molecule has 0 fully saturated rings. The summed E-state index contributed by atoms with van der Waals surface area (Å²) in [5.74, 6) is 0.707. The number of nitrogens with one attached hydrogen (secondary N) is 1. The lowest BCUT2D eigenvalue weighted by Crippen LogP contribution is -2.04. The quantitative estimate of drug-likeness (QED) is 0.596. The fourth-order valence-electron chi connectivity index (χ4n) is 2.75. The average molecular weight is 307 g/mol. The summed E-state index contributed by atoms with van der Waals surface area (Å²) in [6.07, 6.45) is 3.65. The predicted octanol–water partition coefficient (Wildman–Crippen LogP) is 2.56. The average Bonchev–Trinajstić information content (AvgIpc) is 2.99. The number of H-pyrrole nitrogens is 1. The summed E-state index contributed by atoms with van der Waals surface area (Å²) in [5.41, 5.74) is 2.46. The monoisotopic (exact) mass is 307 g/mol. The summed E-state index contributed by atoms with van der Waals surface area (Å²) in [4.78, 5) is 18.9. The Morgan fingerprint density at radius 2 is 2.09 bits per heavy atom. The normalized spacial score (nSPS) is 11.2. The van der Waals surface area contributed by atoms with E-state index in [2.05, 4.69) is 9.97 Å². The molecule has 23 heavy (non-hydrogen) atoms. The zero-order chi connectivity index (χ0) is 16.0. The standard InChI is InChI=1S/C17H13N3O3/c1-23-14-6-4-10(11-5-7-15(22)19-16(11)14)12-9-20-8-2-3-13(21)17(20)18-12/h2-9,21H,1H3,(H,19,22). The van der Waals surface area contributed by atoms with Crippen molar-refractivity contribution in [3.8, 4) is 22.8 Å². The number of rotatable bonds is 2. The molecule has 0 bridgehead atoms. The van der Waals surface area contributed by atoms with Crippen molar-refractivity contribution in [1.29, 1.82) is 0 Å². The van der Waals surface area contributed by atoms with Gasteiger partial charge in [0, 0.05) is 29.4 Å². The molecular formula is C17H13N3O3. The van der Waals surface area contributed by atoms with Gasteiger partial charge in [0.15, 0.2) is 11.4 Å². The van der Waals surface area contributed by atoms with Crippen molar-refractivity contribution < 1.29 is 9.84 Å². The third-order valence-corrected chi connectivity index (χ3v) is 3.81. The summed E-state index contributed by atoms with van der Waals surface area (Å²) in [6.45, 7) is 0. The van der Waals surface area contributed by atoms with E-state index in [9.17, 15) is 9.90 Å². The first-order valence-electron chi connectivity index (χ1n) is 7.04. The smallest absolute Gasteiger partial charge is 0.248 e. The first-order valence-corrected chi connectivity index (χ1v) is 7.04. The second-order valence-corrected chi connectivity index (χ2v) is 5.18. The van der Waals surface area contributed by atoms with Crippen molar-refractivity contribution >= 4 is 16.6 Å². The van der Waals surface area contributed by atoms with Gasteiger partial charge in [-0.2, -0.15) is 0 Å². The van der Waals surface area contributed by atoms with Gasteiger partial charge in [-0.05, 0) is 30.3 Å². The van der Waals surface area contributed by atoms with Crippen molar-refractivity contribution in [2.75, 3.05) is 7.11 Å². The minimum atomic E-state index is -0.194. The molecular weight excluding hydrogens is 294 g/mol. The molecule has 6 heteroatoms. The maximum atomic E-state index is 11.6. The van der Waals surface area contributed by atoms with Crippen molar-refractivity contribution in [1.82, 2.24) is 14.4 Å². The predicted molar refractivity (Wildman–Crippen MR) is 87.0 cm³/mol. The van der Waals surface area contributed by atoms with E-state index in [4.69, 9.17) is 4.74 Å². The Hall–Kier alpha value is -3.28. The van der Waals surface area contributed by atoms with Gasteiger partial charge in [0.05, 0.1) is 18.3 Å². The highest BCUT2D eigenvalue weighted by Crippen LogP contribution is 2.33. The first kappa shape index (κ1) is 13.4. The van der Waals surface area contributed by atoms with Gasteiger partial charge in [-0.3, -0.25) is 4.79 Å². The number of methoxy groups -OCH3 is 1. The van der Waals surface area contributed by atoms with Crippen LogP contribution in [0.5, 0.6) is 11.5 Å². The molecule has 0 spiro atoms. The molecule has 1 aromatic carbocycles. The molecule has 0 aliphatic heterocycles. The molecule has 0 unspecified atom stereocenters. The molecule has 2 N–H and O–H groups in total. The number of fused-ring (bicyclic) bond motifs is 2. The van der Waals surface area contributed by atoms with E-state index in [1.807, 2.05) is 18.5 Å². The summed E-state index contributed by atoms with van der Waals surface area (Å²) in [5, 5.41) is 10.7. The number of imidazole rings is 1. The highest BCUT2D eigenvalue weighted by Gasteiger charge is 2.13. The third kappa shape index (κ3) is 2.03. The van der Waals surface area contributed by atoms with Crippen LogP contribution in [0.3, 0.4) is 0 Å².